The predicted molar refractivity (Wildman–Crippen MR) is 39.3 cm³/mol. The van der Waals surface area contributed by atoms with Crippen molar-refractivity contribution in [3.8, 4) is 0 Å². The first kappa shape index (κ1) is 9.17. The zero-order chi connectivity index (χ0) is 7.98. The van der Waals surface area contributed by atoms with Gasteiger partial charge >= 0.3 is 0 Å². The molecule has 1 atom stereocenters. The maximum atomic E-state index is 10.5. The summed E-state index contributed by atoms with van der Waals surface area (Å²) in [6, 6.07) is 0. The van der Waals surface area contributed by atoms with Gasteiger partial charge in [0.2, 0.25) is 5.91 Å². The number of nitrogens with one attached hydrogen (secondary N) is 1. The van der Waals surface area contributed by atoms with Crippen LogP contribution in [0.5, 0.6) is 0 Å². The van der Waals surface area contributed by atoms with Gasteiger partial charge in [-0.2, -0.15) is 0 Å². The Morgan fingerprint density at radius 3 is 2.90 bits per heavy atom. The molecule has 58 valence electrons. The molecule has 0 saturated carbocycles. The highest BCUT2D eigenvalue weighted by Crippen LogP contribution is 1.90. The van der Waals surface area contributed by atoms with Gasteiger partial charge in [0.15, 0.2) is 0 Å². The van der Waals surface area contributed by atoms with Crippen molar-refractivity contribution in [2.24, 2.45) is 0 Å². The van der Waals surface area contributed by atoms with Crippen LogP contribution in [0.4, 0.5) is 0 Å². The molecular formula is C7H13NO2. The topological polar surface area (TPSA) is 49.3 Å². The van der Waals surface area contributed by atoms with E-state index in [4.69, 9.17) is 5.11 Å². The Morgan fingerprint density at radius 1 is 1.90 bits per heavy atom. The lowest BCUT2D eigenvalue weighted by atomic mass is 10.3. The monoisotopic (exact) mass is 143 g/mol. The smallest absolute Gasteiger partial charge is 0.245 e. The highest BCUT2D eigenvalue weighted by atomic mass is 16.3. The van der Waals surface area contributed by atoms with Gasteiger partial charge in [0, 0.05) is 0 Å². The molecule has 0 spiro atoms. The van der Waals surface area contributed by atoms with E-state index in [0.29, 0.717) is 6.42 Å². The van der Waals surface area contributed by atoms with Crippen LogP contribution in [0.3, 0.4) is 0 Å². The zero-order valence-electron chi connectivity index (χ0n) is 6.13. The molecule has 0 aromatic heterocycles. The summed E-state index contributed by atoms with van der Waals surface area (Å²) in [6.07, 6.45) is 1.84. The molecule has 0 aromatic rings. The van der Waals surface area contributed by atoms with Gasteiger partial charge in [-0.3, -0.25) is 4.79 Å². The molecule has 3 nitrogen and oxygen atoms in total. The van der Waals surface area contributed by atoms with E-state index in [1.165, 1.54) is 0 Å². The quantitative estimate of drug-likeness (QED) is 0.442. The van der Waals surface area contributed by atoms with Crippen LogP contribution in [-0.2, 0) is 4.79 Å². The van der Waals surface area contributed by atoms with E-state index in [1.807, 2.05) is 6.92 Å². The molecule has 0 aliphatic rings. The molecule has 0 fully saturated rings. The molecule has 3 heteroatoms. The average molecular weight is 143 g/mol. The Bertz CT molecular complexity index is 123. The van der Waals surface area contributed by atoms with Gasteiger partial charge in [-0.05, 0) is 12.5 Å². The number of rotatable bonds is 4. The van der Waals surface area contributed by atoms with Crippen molar-refractivity contribution in [3.05, 3.63) is 12.7 Å². The number of amides is 1. The van der Waals surface area contributed by atoms with Crippen LogP contribution in [0.25, 0.3) is 0 Å². The average Bonchev–Trinajstić information content (AvgIpc) is 1.88. The van der Waals surface area contributed by atoms with E-state index in [9.17, 15) is 4.79 Å². The van der Waals surface area contributed by atoms with Crippen LogP contribution in [0.15, 0.2) is 12.7 Å². The number of carbonyl (C=O) groups excluding carboxylic acids is 1. The molecule has 2 N–H and O–H groups in total. The molecule has 0 aromatic carbocycles. The molecule has 0 saturated heterocycles. The summed E-state index contributed by atoms with van der Waals surface area (Å²) in [6.45, 7) is 5.18. The summed E-state index contributed by atoms with van der Waals surface area (Å²) in [5, 5.41) is 11.3. The van der Waals surface area contributed by atoms with Crippen LogP contribution in [0.2, 0.25) is 0 Å². The van der Waals surface area contributed by atoms with Crippen LogP contribution >= 0.6 is 0 Å². The third-order valence-corrected chi connectivity index (χ3v) is 1.06. The molecule has 0 rings (SSSR count). The second-order valence-electron chi connectivity index (χ2n) is 2.02. The highest BCUT2D eigenvalue weighted by Gasteiger charge is 2.02. The Morgan fingerprint density at radius 2 is 2.50 bits per heavy atom. The summed E-state index contributed by atoms with van der Waals surface area (Å²) in [4.78, 5) is 10.5. The molecule has 0 heterocycles. The Kier molecular flexibility index (Phi) is 4.58. The van der Waals surface area contributed by atoms with Crippen molar-refractivity contribution in [3.63, 3.8) is 0 Å². The first-order valence-corrected chi connectivity index (χ1v) is 3.31. The molecule has 1 unspecified atom stereocenters. The molecule has 0 aliphatic carbocycles. The Hall–Kier alpha value is -0.830. The maximum Gasteiger partial charge on any atom is 0.245 e. The lowest BCUT2D eigenvalue weighted by molar-refractivity contribution is -0.119. The number of hydrogen-bond donors (Lipinski definition) is 2. The fraction of sp³-hybridized carbons (Fsp3) is 0.571. The van der Waals surface area contributed by atoms with Crippen molar-refractivity contribution in [1.82, 2.24) is 5.32 Å². The van der Waals surface area contributed by atoms with Gasteiger partial charge < -0.3 is 10.4 Å². The lowest BCUT2D eigenvalue weighted by Crippen LogP contribution is -2.32. The van der Waals surface area contributed by atoms with E-state index >= 15 is 0 Å². The fourth-order valence-corrected chi connectivity index (χ4v) is 0.569. The van der Waals surface area contributed by atoms with E-state index in [-0.39, 0.29) is 5.91 Å². The van der Waals surface area contributed by atoms with Gasteiger partial charge in [-0.15, -0.1) is 0 Å². The van der Waals surface area contributed by atoms with Crippen molar-refractivity contribution >= 4 is 5.91 Å². The summed E-state index contributed by atoms with van der Waals surface area (Å²) in [5.74, 6) is -0.332. The standard InChI is InChI=1S/C7H13NO2/c1-3-5-7(10)8-6(9)4-2/h4,7,10H,2-3,5H2,1H3,(H,8,9). The van der Waals surface area contributed by atoms with E-state index in [1.54, 1.807) is 0 Å². The maximum absolute atomic E-state index is 10.5. The second-order valence-corrected chi connectivity index (χ2v) is 2.02. The van der Waals surface area contributed by atoms with Crippen molar-refractivity contribution in [2.75, 3.05) is 0 Å². The van der Waals surface area contributed by atoms with Gasteiger partial charge in [0.05, 0.1) is 0 Å². The minimum absolute atomic E-state index is 0.332. The van der Waals surface area contributed by atoms with Gasteiger partial charge in [-0.1, -0.05) is 19.9 Å². The normalized spacial score (nSPS) is 12.2. The molecule has 0 aliphatic heterocycles. The molecule has 0 radical (unpaired) electrons. The second kappa shape index (κ2) is 4.99. The minimum Gasteiger partial charge on any atom is -0.374 e. The summed E-state index contributed by atoms with van der Waals surface area (Å²) >= 11 is 0. The third kappa shape index (κ3) is 4.09. The first-order chi connectivity index (χ1) is 4.70. The number of hydrogen-bond acceptors (Lipinski definition) is 2. The Balaban J connectivity index is 3.46. The van der Waals surface area contributed by atoms with Crippen LogP contribution in [0, 0.1) is 0 Å². The number of aliphatic hydroxyl groups is 1. The van der Waals surface area contributed by atoms with E-state index in [2.05, 4.69) is 11.9 Å². The summed E-state index contributed by atoms with van der Waals surface area (Å²) < 4.78 is 0. The lowest BCUT2D eigenvalue weighted by Gasteiger charge is -2.08. The minimum atomic E-state index is -0.726. The SMILES string of the molecule is C=CC(=O)NC(O)CCC. The van der Waals surface area contributed by atoms with Crippen LogP contribution in [-0.4, -0.2) is 17.2 Å². The van der Waals surface area contributed by atoms with Crippen molar-refractivity contribution in [1.29, 1.82) is 0 Å². The largest absolute Gasteiger partial charge is 0.374 e. The third-order valence-electron chi connectivity index (χ3n) is 1.06. The van der Waals surface area contributed by atoms with Crippen LogP contribution < -0.4 is 5.32 Å². The van der Waals surface area contributed by atoms with Gasteiger partial charge in [0.1, 0.15) is 6.23 Å². The van der Waals surface area contributed by atoms with E-state index < -0.39 is 6.23 Å². The summed E-state index contributed by atoms with van der Waals surface area (Å²) in [7, 11) is 0. The Labute approximate surface area is 60.7 Å². The zero-order valence-corrected chi connectivity index (χ0v) is 6.13. The predicted octanol–water partition coefficient (Wildman–Crippen LogP) is 0.407. The first-order valence-electron chi connectivity index (χ1n) is 3.31. The number of carbonyl (C=O) groups is 1. The van der Waals surface area contributed by atoms with Crippen LogP contribution in [0.1, 0.15) is 19.8 Å². The highest BCUT2D eigenvalue weighted by molar-refractivity contribution is 5.86. The fourth-order valence-electron chi connectivity index (χ4n) is 0.569. The van der Waals surface area contributed by atoms with Crippen molar-refractivity contribution < 1.29 is 9.90 Å². The summed E-state index contributed by atoms with van der Waals surface area (Å²) in [5.41, 5.74) is 0. The van der Waals surface area contributed by atoms with Gasteiger partial charge in [0.25, 0.3) is 0 Å². The molecule has 1 amide bonds. The van der Waals surface area contributed by atoms with Gasteiger partial charge in [-0.25, -0.2) is 0 Å². The molecule has 10 heavy (non-hydrogen) atoms. The van der Waals surface area contributed by atoms with E-state index in [0.717, 1.165) is 12.5 Å². The van der Waals surface area contributed by atoms with Crippen molar-refractivity contribution in [2.45, 2.75) is 26.0 Å². The molecule has 0 bridgehead atoms. The molecular weight excluding hydrogens is 130 g/mol. The number of aliphatic hydroxyl groups excluding tert-OH is 1.